The fourth-order valence-corrected chi connectivity index (χ4v) is 4.19. The fourth-order valence-electron chi connectivity index (χ4n) is 4.19. The first-order chi connectivity index (χ1) is 14.3. The molecule has 0 radical (unpaired) electrons. The van der Waals surface area contributed by atoms with Crippen LogP contribution >= 0.6 is 0 Å². The molecule has 0 amide bonds. The monoisotopic (exact) mass is 402 g/mol. The van der Waals surface area contributed by atoms with Crippen molar-refractivity contribution in [3.05, 3.63) is 82.4 Å². The number of ether oxygens (including phenoxy) is 2. The predicted molar refractivity (Wildman–Crippen MR) is 107 cm³/mol. The highest BCUT2D eigenvalue weighted by Crippen LogP contribution is 2.57. The largest absolute Gasteiger partial charge is 0.508 e. The van der Waals surface area contributed by atoms with Crippen LogP contribution in [-0.4, -0.2) is 22.0 Å². The van der Waals surface area contributed by atoms with Gasteiger partial charge in [-0.2, -0.15) is 0 Å². The van der Waals surface area contributed by atoms with Crippen LogP contribution in [0.25, 0.3) is 0 Å². The number of aromatic hydroxyl groups is 2. The van der Waals surface area contributed by atoms with Crippen LogP contribution in [0.1, 0.15) is 51.3 Å². The SMILES string of the molecule is CC(C)C(=O)c1ccc2c(c1)C1(OC2=O)c2ccc(O)cc2Oc2cc(O)ccc21. The quantitative estimate of drug-likeness (QED) is 0.484. The predicted octanol–water partition coefficient (Wildman–Crippen LogP) is 4.50. The maximum Gasteiger partial charge on any atom is 0.340 e. The van der Waals surface area contributed by atoms with Crippen molar-refractivity contribution in [3.63, 3.8) is 0 Å². The number of rotatable bonds is 2. The summed E-state index contributed by atoms with van der Waals surface area (Å²) in [5.74, 6) is -0.199. The number of Topliss-reactive ketones (excluding diaryl/α,β-unsaturated/α-hetero) is 1. The van der Waals surface area contributed by atoms with Gasteiger partial charge in [0.25, 0.3) is 0 Å². The first-order valence-corrected chi connectivity index (χ1v) is 9.58. The Morgan fingerprint density at radius 3 is 2.03 bits per heavy atom. The Labute approximate surface area is 172 Å². The number of ketones is 1. The smallest absolute Gasteiger partial charge is 0.340 e. The lowest BCUT2D eigenvalue weighted by molar-refractivity contribution is 0.0224. The van der Waals surface area contributed by atoms with Gasteiger partial charge in [-0.15, -0.1) is 0 Å². The second kappa shape index (κ2) is 6.10. The van der Waals surface area contributed by atoms with E-state index in [9.17, 15) is 19.8 Å². The normalized spacial score (nSPS) is 15.2. The fraction of sp³-hybridized carbons (Fsp3) is 0.167. The van der Waals surface area contributed by atoms with Gasteiger partial charge in [0.1, 0.15) is 23.0 Å². The van der Waals surface area contributed by atoms with Crippen molar-refractivity contribution in [1.29, 1.82) is 0 Å². The van der Waals surface area contributed by atoms with Crippen molar-refractivity contribution in [1.82, 2.24) is 0 Å². The minimum atomic E-state index is -1.36. The third-order valence-corrected chi connectivity index (χ3v) is 5.58. The molecular formula is C24H18O6. The Bertz CT molecular complexity index is 1190. The van der Waals surface area contributed by atoms with Gasteiger partial charge in [0.05, 0.1) is 5.56 Å². The van der Waals surface area contributed by atoms with Crippen LogP contribution in [0.2, 0.25) is 0 Å². The van der Waals surface area contributed by atoms with Crippen LogP contribution in [0.4, 0.5) is 0 Å². The number of hydrogen-bond acceptors (Lipinski definition) is 6. The topological polar surface area (TPSA) is 93.1 Å². The summed E-state index contributed by atoms with van der Waals surface area (Å²) in [6.45, 7) is 3.63. The molecule has 1 spiro atoms. The molecule has 0 saturated carbocycles. The summed E-state index contributed by atoms with van der Waals surface area (Å²) in [7, 11) is 0. The molecule has 0 saturated heterocycles. The zero-order valence-corrected chi connectivity index (χ0v) is 16.3. The van der Waals surface area contributed by atoms with Crippen LogP contribution in [0.15, 0.2) is 54.6 Å². The molecule has 3 aromatic rings. The third-order valence-electron chi connectivity index (χ3n) is 5.58. The maximum absolute atomic E-state index is 12.9. The van der Waals surface area contributed by atoms with E-state index in [1.165, 1.54) is 24.3 Å². The van der Waals surface area contributed by atoms with E-state index in [0.717, 1.165) is 0 Å². The summed E-state index contributed by atoms with van der Waals surface area (Å²) in [6, 6.07) is 14.1. The molecule has 150 valence electrons. The van der Waals surface area contributed by atoms with E-state index in [2.05, 4.69) is 0 Å². The van der Waals surface area contributed by atoms with Crippen molar-refractivity contribution >= 4 is 11.8 Å². The van der Waals surface area contributed by atoms with Gasteiger partial charge in [-0.1, -0.05) is 19.9 Å². The van der Waals surface area contributed by atoms with Crippen LogP contribution in [0.5, 0.6) is 23.0 Å². The van der Waals surface area contributed by atoms with Crippen LogP contribution in [0.3, 0.4) is 0 Å². The Kier molecular flexibility index (Phi) is 3.71. The van der Waals surface area contributed by atoms with E-state index in [-0.39, 0.29) is 23.2 Å². The number of benzene rings is 3. The van der Waals surface area contributed by atoms with E-state index in [0.29, 0.717) is 39.3 Å². The van der Waals surface area contributed by atoms with E-state index in [1.54, 1.807) is 30.3 Å². The highest BCUT2D eigenvalue weighted by atomic mass is 16.6. The number of carbonyl (C=O) groups is 2. The van der Waals surface area contributed by atoms with E-state index >= 15 is 0 Å². The van der Waals surface area contributed by atoms with E-state index in [1.807, 2.05) is 13.8 Å². The molecule has 0 aromatic heterocycles. The molecule has 2 aliphatic heterocycles. The zero-order valence-electron chi connectivity index (χ0n) is 16.3. The lowest BCUT2D eigenvalue weighted by Crippen LogP contribution is -2.33. The van der Waals surface area contributed by atoms with Crippen molar-refractivity contribution in [2.75, 3.05) is 0 Å². The number of hydrogen-bond donors (Lipinski definition) is 2. The Hall–Kier alpha value is -3.80. The summed E-state index contributed by atoms with van der Waals surface area (Å²) in [5.41, 5.74) is 1.06. The van der Waals surface area contributed by atoms with Crippen molar-refractivity contribution in [2.24, 2.45) is 5.92 Å². The standard InChI is InChI=1S/C24H18O6/c1-12(2)22(27)13-3-6-16-19(9-13)24(30-23(16)28)17-7-4-14(25)10-20(17)29-21-11-15(26)5-8-18(21)24/h3-12,25-26H,1-2H3. The number of fused-ring (bicyclic) bond motifs is 6. The van der Waals surface area contributed by atoms with Gasteiger partial charge in [-0.05, 0) is 36.4 Å². The van der Waals surface area contributed by atoms with Gasteiger partial charge < -0.3 is 19.7 Å². The first kappa shape index (κ1) is 18.2. The molecule has 3 aromatic carbocycles. The molecule has 0 atom stereocenters. The van der Waals surface area contributed by atoms with Crippen molar-refractivity contribution in [2.45, 2.75) is 19.4 Å². The highest BCUT2D eigenvalue weighted by Gasteiger charge is 2.53. The first-order valence-electron chi connectivity index (χ1n) is 9.58. The number of phenolic OH excluding ortho intramolecular Hbond substituents is 2. The minimum Gasteiger partial charge on any atom is -0.508 e. The lowest BCUT2D eigenvalue weighted by atomic mass is 9.77. The maximum atomic E-state index is 12.9. The number of esters is 1. The molecule has 0 fully saturated rings. The van der Waals surface area contributed by atoms with Gasteiger partial charge in [0, 0.05) is 40.3 Å². The van der Waals surface area contributed by atoms with Crippen molar-refractivity contribution < 1.29 is 29.3 Å². The minimum absolute atomic E-state index is 0.0132. The molecule has 30 heavy (non-hydrogen) atoms. The number of carbonyl (C=O) groups excluding carboxylic acids is 2. The Balaban J connectivity index is 1.85. The van der Waals surface area contributed by atoms with E-state index < -0.39 is 11.6 Å². The highest BCUT2D eigenvalue weighted by molar-refractivity contribution is 6.02. The summed E-state index contributed by atoms with van der Waals surface area (Å²) in [4.78, 5) is 25.5. The van der Waals surface area contributed by atoms with Gasteiger partial charge >= 0.3 is 5.97 Å². The Morgan fingerprint density at radius 2 is 1.47 bits per heavy atom. The van der Waals surface area contributed by atoms with E-state index in [4.69, 9.17) is 9.47 Å². The van der Waals surface area contributed by atoms with Crippen LogP contribution in [0, 0.1) is 5.92 Å². The van der Waals surface area contributed by atoms with Gasteiger partial charge in [-0.3, -0.25) is 4.79 Å². The number of phenols is 2. The molecular weight excluding hydrogens is 384 g/mol. The Morgan fingerprint density at radius 1 is 0.867 bits per heavy atom. The summed E-state index contributed by atoms with van der Waals surface area (Å²) >= 11 is 0. The van der Waals surface area contributed by atoms with Gasteiger partial charge in [0.15, 0.2) is 11.4 Å². The van der Waals surface area contributed by atoms with Crippen molar-refractivity contribution in [3.8, 4) is 23.0 Å². The molecule has 6 heteroatoms. The molecule has 5 rings (SSSR count). The summed E-state index contributed by atoms with van der Waals surface area (Å²) < 4.78 is 11.9. The lowest BCUT2D eigenvalue weighted by Gasteiger charge is -2.36. The molecule has 2 N–H and O–H groups in total. The average molecular weight is 402 g/mol. The molecule has 6 nitrogen and oxygen atoms in total. The molecule has 0 aliphatic carbocycles. The van der Waals surface area contributed by atoms with Gasteiger partial charge in [0.2, 0.25) is 0 Å². The summed E-state index contributed by atoms with van der Waals surface area (Å²) in [6.07, 6.45) is 0. The molecule has 2 aliphatic rings. The molecule has 2 heterocycles. The average Bonchev–Trinajstić information content (AvgIpc) is 2.99. The van der Waals surface area contributed by atoms with Crippen LogP contribution < -0.4 is 4.74 Å². The zero-order chi connectivity index (χ0) is 21.2. The third kappa shape index (κ3) is 2.37. The van der Waals surface area contributed by atoms with Crippen LogP contribution in [-0.2, 0) is 10.3 Å². The molecule has 0 unspecified atom stereocenters. The second-order valence-corrected chi connectivity index (χ2v) is 7.81. The second-order valence-electron chi connectivity index (χ2n) is 7.81. The molecule has 0 bridgehead atoms. The van der Waals surface area contributed by atoms with Gasteiger partial charge in [-0.25, -0.2) is 4.79 Å². The summed E-state index contributed by atoms with van der Waals surface area (Å²) in [5, 5.41) is 19.9.